The number of aromatic nitrogens is 3. The fraction of sp³-hybridized carbons (Fsp3) is 0.400. The maximum absolute atomic E-state index is 14.5. The first-order chi connectivity index (χ1) is 18.7. The van der Waals surface area contributed by atoms with Gasteiger partial charge in [-0.3, -0.25) is 14.8 Å². The van der Waals surface area contributed by atoms with Gasteiger partial charge in [-0.2, -0.15) is 5.10 Å². The van der Waals surface area contributed by atoms with Crippen molar-refractivity contribution in [1.29, 1.82) is 0 Å². The molecule has 4 rings (SSSR count). The van der Waals surface area contributed by atoms with Crippen molar-refractivity contribution in [1.82, 2.24) is 19.7 Å². The van der Waals surface area contributed by atoms with Crippen LogP contribution in [0.25, 0.3) is 10.6 Å². The molecule has 40 heavy (non-hydrogen) atoms. The van der Waals surface area contributed by atoms with Crippen molar-refractivity contribution in [2.45, 2.75) is 39.3 Å². The predicted octanol–water partition coefficient (Wildman–Crippen LogP) is 4.61. The van der Waals surface area contributed by atoms with E-state index < -0.39 is 40.9 Å². The van der Waals surface area contributed by atoms with Crippen LogP contribution in [0.4, 0.5) is 34.9 Å². The van der Waals surface area contributed by atoms with Crippen molar-refractivity contribution >= 4 is 45.9 Å². The molecule has 1 aliphatic rings. The normalized spacial score (nSPS) is 15.6. The molecule has 0 bridgehead atoms. The summed E-state index contributed by atoms with van der Waals surface area (Å²) in [5.74, 6) is -2.00. The average molecular weight is 578 g/mol. The van der Waals surface area contributed by atoms with Gasteiger partial charge in [0.15, 0.2) is 11.5 Å². The molecule has 3 heterocycles. The number of benzene rings is 1. The Hall–Kier alpha value is -4.27. The third kappa shape index (κ3) is 6.14. The first-order valence-corrected chi connectivity index (χ1v) is 13.1. The summed E-state index contributed by atoms with van der Waals surface area (Å²) in [5.41, 5.74) is -1.26. The molecule has 3 N–H and O–H groups in total. The molecule has 1 fully saturated rings. The minimum Gasteiger partial charge on any atom is -0.465 e. The Morgan fingerprint density at radius 2 is 1.82 bits per heavy atom. The number of amides is 3. The molecule has 0 saturated carbocycles. The van der Waals surface area contributed by atoms with Gasteiger partial charge in [-0.25, -0.2) is 23.4 Å². The second-order valence-electron chi connectivity index (χ2n) is 10.2. The summed E-state index contributed by atoms with van der Waals surface area (Å²) in [6.45, 7) is 7.73. The smallest absolute Gasteiger partial charge is 0.412 e. The first kappa shape index (κ1) is 28.7. The van der Waals surface area contributed by atoms with Crippen LogP contribution in [0.3, 0.4) is 0 Å². The highest BCUT2D eigenvalue weighted by Gasteiger charge is 2.31. The van der Waals surface area contributed by atoms with Gasteiger partial charge in [0.05, 0.1) is 11.8 Å². The average Bonchev–Trinajstić information content (AvgIpc) is 3.40. The van der Waals surface area contributed by atoms with Crippen LogP contribution in [-0.2, 0) is 11.8 Å². The summed E-state index contributed by atoms with van der Waals surface area (Å²) in [6, 6.07) is 3.02. The van der Waals surface area contributed by atoms with E-state index in [9.17, 15) is 28.3 Å². The number of hydrogen-bond donors (Lipinski definition) is 3. The van der Waals surface area contributed by atoms with E-state index in [-0.39, 0.29) is 28.3 Å². The van der Waals surface area contributed by atoms with Crippen molar-refractivity contribution in [2.75, 3.05) is 35.2 Å². The number of nitrogens with one attached hydrogen (secondary N) is 2. The minimum atomic E-state index is -1.01. The third-order valence-corrected chi connectivity index (χ3v) is 6.95. The zero-order chi connectivity index (χ0) is 29.4. The monoisotopic (exact) mass is 577 g/mol. The standard InChI is InChI=1S/C25H29F2N7O5S/c1-13-12-33(9-10-34(13)24(37)38)22-16(11-28-32(22)5)29-19(35)18-21(31-23(36)39-25(2,3)4)40-20(30-18)17-14(26)7-6-8-15(17)27/h6-8,11,13H,9-10,12H2,1-5H3,(H,29,35)(H,31,36)(H,37,38)/t13-/m0/s1. The Morgan fingerprint density at radius 1 is 1.15 bits per heavy atom. The van der Waals surface area contributed by atoms with Crippen LogP contribution < -0.4 is 15.5 Å². The van der Waals surface area contributed by atoms with Crippen LogP contribution >= 0.6 is 11.3 Å². The number of carboxylic acid groups (broad SMARTS) is 1. The maximum Gasteiger partial charge on any atom is 0.412 e. The van der Waals surface area contributed by atoms with Crippen molar-refractivity contribution in [2.24, 2.45) is 7.05 Å². The molecular weight excluding hydrogens is 548 g/mol. The zero-order valence-corrected chi connectivity index (χ0v) is 23.3. The van der Waals surface area contributed by atoms with Crippen LogP contribution in [-0.4, -0.2) is 74.1 Å². The number of aryl methyl sites for hydroxylation is 1. The largest absolute Gasteiger partial charge is 0.465 e. The molecular formula is C25H29F2N7O5S. The first-order valence-electron chi connectivity index (χ1n) is 12.3. The summed E-state index contributed by atoms with van der Waals surface area (Å²) in [5, 5.41) is 18.6. The topological polar surface area (TPSA) is 142 Å². The van der Waals surface area contributed by atoms with Gasteiger partial charge in [0.2, 0.25) is 0 Å². The van der Waals surface area contributed by atoms with E-state index in [1.54, 1.807) is 39.4 Å². The highest BCUT2D eigenvalue weighted by Crippen LogP contribution is 2.36. The van der Waals surface area contributed by atoms with Gasteiger partial charge < -0.3 is 25.0 Å². The lowest BCUT2D eigenvalue weighted by Gasteiger charge is -2.39. The van der Waals surface area contributed by atoms with Crippen LogP contribution in [0.1, 0.15) is 38.2 Å². The lowest BCUT2D eigenvalue weighted by molar-refractivity contribution is 0.0636. The number of hydrogen-bond acceptors (Lipinski definition) is 8. The van der Waals surface area contributed by atoms with E-state index in [1.165, 1.54) is 17.2 Å². The zero-order valence-electron chi connectivity index (χ0n) is 22.5. The number of rotatable bonds is 5. The summed E-state index contributed by atoms with van der Waals surface area (Å²) in [4.78, 5) is 44.9. The summed E-state index contributed by atoms with van der Waals surface area (Å²) >= 11 is 0.719. The Balaban J connectivity index is 1.66. The van der Waals surface area contributed by atoms with E-state index in [4.69, 9.17) is 4.74 Å². The lowest BCUT2D eigenvalue weighted by Crippen LogP contribution is -2.54. The van der Waals surface area contributed by atoms with Gasteiger partial charge in [-0.05, 0) is 39.8 Å². The number of thiazole rings is 1. The van der Waals surface area contributed by atoms with Crippen LogP contribution in [0.15, 0.2) is 24.4 Å². The molecule has 0 spiro atoms. The number of ether oxygens (including phenoxy) is 1. The number of carbonyl (C=O) groups excluding carboxylic acids is 2. The number of nitrogens with zero attached hydrogens (tertiary/aromatic N) is 5. The molecule has 0 aliphatic carbocycles. The molecule has 0 unspecified atom stereocenters. The van der Waals surface area contributed by atoms with Gasteiger partial charge in [0.25, 0.3) is 5.91 Å². The highest BCUT2D eigenvalue weighted by atomic mass is 32.1. The molecule has 3 aromatic rings. The fourth-order valence-corrected chi connectivity index (χ4v) is 5.27. The molecule has 1 saturated heterocycles. The van der Waals surface area contributed by atoms with E-state index in [1.807, 2.05) is 4.90 Å². The SMILES string of the molecule is C[C@H]1CN(c2c(NC(=O)c3nc(-c4c(F)cccc4F)sc3NC(=O)OC(C)(C)C)cnn2C)CCN1C(=O)O. The Morgan fingerprint density at radius 3 is 2.42 bits per heavy atom. The van der Waals surface area contributed by atoms with Crippen molar-refractivity contribution in [3.63, 3.8) is 0 Å². The maximum atomic E-state index is 14.5. The minimum absolute atomic E-state index is 0.0708. The van der Waals surface area contributed by atoms with Gasteiger partial charge in [-0.1, -0.05) is 17.4 Å². The Labute approximate surface area is 232 Å². The summed E-state index contributed by atoms with van der Waals surface area (Å²) in [7, 11) is 1.68. The van der Waals surface area contributed by atoms with Crippen LogP contribution in [0.5, 0.6) is 0 Å². The van der Waals surface area contributed by atoms with E-state index in [0.717, 1.165) is 23.5 Å². The molecule has 15 heteroatoms. The Bertz CT molecular complexity index is 1430. The Kier molecular flexibility index (Phi) is 7.95. The predicted molar refractivity (Wildman–Crippen MR) is 145 cm³/mol. The molecule has 1 aromatic carbocycles. The van der Waals surface area contributed by atoms with Crippen LogP contribution in [0, 0.1) is 11.6 Å². The molecule has 2 aromatic heterocycles. The number of piperazine rings is 1. The van der Waals surface area contributed by atoms with Crippen molar-refractivity contribution < 1.29 is 33.0 Å². The van der Waals surface area contributed by atoms with Gasteiger partial charge in [-0.15, -0.1) is 0 Å². The summed E-state index contributed by atoms with van der Waals surface area (Å²) < 4.78 is 35.9. The number of carbonyl (C=O) groups is 3. The second kappa shape index (κ2) is 11.1. The third-order valence-electron chi connectivity index (χ3n) is 5.96. The quantitative estimate of drug-likeness (QED) is 0.399. The molecule has 12 nitrogen and oxygen atoms in total. The molecule has 0 radical (unpaired) electrons. The molecule has 3 amide bonds. The summed E-state index contributed by atoms with van der Waals surface area (Å²) in [6.07, 6.45) is -0.467. The van der Waals surface area contributed by atoms with Gasteiger partial charge >= 0.3 is 12.2 Å². The van der Waals surface area contributed by atoms with Crippen LogP contribution in [0.2, 0.25) is 0 Å². The van der Waals surface area contributed by atoms with Gasteiger partial charge in [0.1, 0.15) is 32.9 Å². The fourth-order valence-electron chi connectivity index (χ4n) is 4.27. The molecule has 214 valence electrons. The van der Waals surface area contributed by atoms with E-state index in [0.29, 0.717) is 24.6 Å². The second-order valence-corrected chi connectivity index (χ2v) is 11.1. The van der Waals surface area contributed by atoms with Gasteiger partial charge in [0, 0.05) is 32.7 Å². The number of halogens is 2. The van der Waals surface area contributed by atoms with Crippen molar-refractivity contribution in [3.8, 4) is 10.6 Å². The molecule has 1 atom stereocenters. The van der Waals surface area contributed by atoms with Crippen molar-refractivity contribution in [3.05, 3.63) is 41.7 Å². The molecule has 1 aliphatic heterocycles. The lowest BCUT2D eigenvalue weighted by atomic mass is 10.2. The van der Waals surface area contributed by atoms with E-state index in [2.05, 4.69) is 20.7 Å². The number of anilines is 3. The highest BCUT2D eigenvalue weighted by molar-refractivity contribution is 7.19. The van der Waals surface area contributed by atoms with E-state index >= 15 is 0 Å².